The van der Waals surface area contributed by atoms with Gasteiger partial charge in [0.05, 0.1) is 25.9 Å². The molecule has 0 N–H and O–H groups in total. The van der Waals surface area contributed by atoms with Gasteiger partial charge in [-0.1, -0.05) is 30.3 Å². The van der Waals surface area contributed by atoms with Gasteiger partial charge in [0.1, 0.15) is 18.1 Å². The first-order chi connectivity index (χ1) is 17.1. The molecule has 0 radical (unpaired) electrons. The lowest BCUT2D eigenvalue weighted by molar-refractivity contribution is -0.137. The smallest absolute Gasteiger partial charge is 0.338 e. The Bertz CT molecular complexity index is 1140. The molecule has 0 aliphatic carbocycles. The van der Waals surface area contributed by atoms with Gasteiger partial charge in [0, 0.05) is 13.1 Å². The molecule has 1 amide bonds. The van der Waals surface area contributed by atoms with E-state index in [4.69, 9.17) is 23.7 Å². The van der Waals surface area contributed by atoms with Crippen LogP contribution in [-0.4, -0.2) is 56.8 Å². The summed E-state index contributed by atoms with van der Waals surface area (Å²) in [5.74, 6) is 1.46. The summed E-state index contributed by atoms with van der Waals surface area (Å²) in [7, 11) is 1.47. The molecule has 1 saturated heterocycles. The zero-order chi connectivity index (χ0) is 24.5. The molecule has 0 aromatic heterocycles. The number of methoxy groups -OCH3 is 1. The second-order valence-corrected chi connectivity index (χ2v) is 7.79. The number of morpholine rings is 1. The van der Waals surface area contributed by atoms with Crippen LogP contribution in [-0.2, 0) is 20.9 Å². The Morgan fingerprint density at radius 3 is 2.43 bits per heavy atom. The van der Waals surface area contributed by atoms with Crippen LogP contribution in [0.25, 0.3) is 0 Å². The maximum Gasteiger partial charge on any atom is 0.338 e. The molecule has 1 aliphatic heterocycles. The van der Waals surface area contributed by atoms with Crippen molar-refractivity contribution in [3.8, 4) is 23.0 Å². The van der Waals surface area contributed by atoms with Crippen molar-refractivity contribution in [2.75, 3.05) is 40.0 Å². The van der Waals surface area contributed by atoms with Gasteiger partial charge in [-0.3, -0.25) is 4.79 Å². The monoisotopic (exact) mass is 477 g/mol. The fraction of sp³-hybridized carbons (Fsp3) is 0.259. The summed E-state index contributed by atoms with van der Waals surface area (Å²) < 4.78 is 27.6. The Labute approximate surface area is 203 Å². The molecule has 4 rings (SSSR count). The van der Waals surface area contributed by atoms with E-state index in [9.17, 15) is 9.59 Å². The molecule has 182 valence electrons. The Balaban J connectivity index is 1.33. The van der Waals surface area contributed by atoms with Gasteiger partial charge in [-0.05, 0) is 48.0 Å². The molecule has 8 heteroatoms. The van der Waals surface area contributed by atoms with Crippen molar-refractivity contribution in [2.45, 2.75) is 6.61 Å². The highest BCUT2D eigenvalue weighted by Gasteiger charge is 2.19. The molecule has 3 aromatic carbocycles. The van der Waals surface area contributed by atoms with Gasteiger partial charge in [0.25, 0.3) is 5.91 Å². The van der Waals surface area contributed by atoms with Gasteiger partial charge < -0.3 is 28.6 Å². The van der Waals surface area contributed by atoms with Crippen LogP contribution in [0.4, 0.5) is 0 Å². The van der Waals surface area contributed by atoms with Crippen LogP contribution in [0.1, 0.15) is 15.9 Å². The lowest BCUT2D eigenvalue weighted by Crippen LogP contribution is -2.43. The molecule has 0 unspecified atom stereocenters. The summed E-state index contributed by atoms with van der Waals surface area (Å²) in [6.07, 6.45) is 0. The average Bonchev–Trinajstić information content (AvgIpc) is 2.91. The minimum absolute atomic E-state index is 0.0828. The molecule has 1 fully saturated rings. The van der Waals surface area contributed by atoms with Crippen LogP contribution in [0.3, 0.4) is 0 Å². The summed E-state index contributed by atoms with van der Waals surface area (Å²) in [6, 6.07) is 21.5. The lowest BCUT2D eigenvalue weighted by Gasteiger charge is -2.26. The van der Waals surface area contributed by atoms with E-state index in [2.05, 4.69) is 0 Å². The Morgan fingerprint density at radius 2 is 1.66 bits per heavy atom. The molecule has 35 heavy (non-hydrogen) atoms. The molecule has 0 spiro atoms. The summed E-state index contributed by atoms with van der Waals surface area (Å²) in [6.45, 7) is 2.10. The van der Waals surface area contributed by atoms with E-state index >= 15 is 0 Å². The largest absolute Gasteiger partial charge is 0.493 e. The zero-order valence-corrected chi connectivity index (χ0v) is 19.5. The number of amides is 1. The van der Waals surface area contributed by atoms with Gasteiger partial charge in [-0.2, -0.15) is 0 Å². The van der Waals surface area contributed by atoms with Crippen molar-refractivity contribution in [3.63, 3.8) is 0 Å². The number of carbonyl (C=O) groups is 2. The normalized spacial score (nSPS) is 13.1. The molecule has 0 bridgehead atoms. The standard InChI is InChI=1S/C27H27NO7/c1-31-25-17-21(10-11-24(25)33-19-26(29)28-12-14-32-15-13-28)27(30)34-18-20-6-5-9-23(16-20)35-22-7-3-2-4-8-22/h2-11,16-17H,12-15,18-19H2,1H3. The van der Waals surface area contributed by atoms with Gasteiger partial charge in [-0.25, -0.2) is 4.79 Å². The predicted octanol–water partition coefficient (Wildman–Crippen LogP) is 4.08. The topological polar surface area (TPSA) is 83.5 Å². The van der Waals surface area contributed by atoms with E-state index in [0.29, 0.717) is 49.1 Å². The summed E-state index contributed by atoms with van der Waals surface area (Å²) in [5.41, 5.74) is 1.10. The first-order valence-electron chi connectivity index (χ1n) is 11.3. The van der Waals surface area contributed by atoms with Gasteiger partial charge in [0.15, 0.2) is 18.1 Å². The Hall–Kier alpha value is -4.04. The van der Waals surface area contributed by atoms with Crippen LogP contribution in [0.15, 0.2) is 72.8 Å². The molecule has 8 nitrogen and oxygen atoms in total. The third-order valence-corrected chi connectivity index (χ3v) is 5.36. The van der Waals surface area contributed by atoms with Crippen LogP contribution >= 0.6 is 0 Å². The quantitative estimate of drug-likeness (QED) is 0.430. The van der Waals surface area contributed by atoms with Gasteiger partial charge >= 0.3 is 5.97 Å². The summed E-state index contributed by atoms with van der Waals surface area (Å²) in [5, 5.41) is 0. The summed E-state index contributed by atoms with van der Waals surface area (Å²) >= 11 is 0. The highest BCUT2D eigenvalue weighted by Crippen LogP contribution is 2.29. The van der Waals surface area contributed by atoms with Crippen LogP contribution < -0.4 is 14.2 Å². The van der Waals surface area contributed by atoms with Crippen LogP contribution in [0.5, 0.6) is 23.0 Å². The minimum Gasteiger partial charge on any atom is -0.493 e. The molecule has 3 aromatic rings. The van der Waals surface area contributed by atoms with Crippen molar-refractivity contribution in [1.82, 2.24) is 4.90 Å². The van der Waals surface area contributed by atoms with Gasteiger partial charge in [0.2, 0.25) is 0 Å². The second-order valence-electron chi connectivity index (χ2n) is 7.79. The fourth-order valence-corrected chi connectivity index (χ4v) is 3.51. The first kappa shape index (κ1) is 24.1. The number of para-hydroxylation sites is 1. The Kier molecular flexibility index (Phi) is 8.19. The second kappa shape index (κ2) is 11.9. The van der Waals surface area contributed by atoms with Crippen LogP contribution in [0.2, 0.25) is 0 Å². The number of carbonyl (C=O) groups excluding carboxylic acids is 2. The highest BCUT2D eigenvalue weighted by atomic mass is 16.5. The number of nitrogens with zero attached hydrogens (tertiary/aromatic N) is 1. The molecule has 1 heterocycles. The Morgan fingerprint density at radius 1 is 0.886 bits per heavy atom. The number of benzene rings is 3. The number of hydrogen-bond donors (Lipinski definition) is 0. The minimum atomic E-state index is -0.506. The third kappa shape index (κ3) is 6.74. The zero-order valence-electron chi connectivity index (χ0n) is 19.5. The van der Waals surface area contributed by atoms with Crippen molar-refractivity contribution in [2.24, 2.45) is 0 Å². The highest BCUT2D eigenvalue weighted by molar-refractivity contribution is 5.90. The van der Waals surface area contributed by atoms with Crippen LogP contribution in [0, 0.1) is 0 Å². The summed E-state index contributed by atoms with van der Waals surface area (Å²) in [4.78, 5) is 26.6. The number of ether oxygens (including phenoxy) is 5. The number of esters is 1. The predicted molar refractivity (Wildman–Crippen MR) is 128 cm³/mol. The SMILES string of the molecule is COc1cc(C(=O)OCc2cccc(Oc3ccccc3)c2)ccc1OCC(=O)N1CCOCC1. The van der Waals surface area contributed by atoms with E-state index in [-0.39, 0.29) is 19.1 Å². The molecular formula is C27H27NO7. The number of hydrogen-bond acceptors (Lipinski definition) is 7. The van der Waals surface area contributed by atoms with Crippen molar-refractivity contribution in [1.29, 1.82) is 0 Å². The first-order valence-corrected chi connectivity index (χ1v) is 11.3. The maximum atomic E-state index is 12.6. The van der Waals surface area contributed by atoms with E-state index in [1.54, 1.807) is 17.0 Å². The van der Waals surface area contributed by atoms with E-state index in [0.717, 1.165) is 11.3 Å². The molecular weight excluding hydrogens is 450 g/mol. The van der Waals surface area contributed by atoms with Crippen molar-refractivity contribution in [3.05, 3.63) is 83.9 Å². The molecule has 1 aliphatic rings. The maximum absolute atomic E-state index is 12.6. The fourth-order valence-electron chi connectivity index (χ4n) is 3.51. The number of rotatable bonds is 9. The average molecular weight is 478 g/mol. The van der Waals surface area contributed by atoms with Crippen molar-refractivity contribution >= 4 is 11.9 Å². The lowest BCUT2D eigenvalue weighted by atomic mass is 10.2. The molecule has 0 saturated carbocycles. The van der Waals surface area contributed by atoms with E-state index in [1.165, 1.54) is 13.2 Å². The van der Waals surface area contributed by atoms with E-state index in [1.807, 2.05) is 54.6 Å². The van der Waals surface area contributed by atoms with E-state index < -0.39 is 5.97 Å². The van der Waals surface area contributed by atoms with Crippen molar-refractivity contribution < 1.29 is 33.3 Å². The van der Waals surface area contributed by atoms with Gasteiger partial charge in [-0.15, -0.1) is 0 Å². The molecule has 0 atom stereocenters. The third-order valence-electron chi connectivity index (χ3n) is 5.36.